The van der Waals surface area contributed by atoms with Crippen LogP contribution < -0.4 is 10.1 Å². The molecule has 0 bridgehead atoms. The Labute approximate surface area is 177 Å². The van der Waals surface area contributed by atoms with Gasteiger partial charge in [-0.1, -0.05) is 41.4 Å². The maximum absolute atomic E-state index is 12.8. The van der Waals surface area contributed by atoms with Gasteiger partial charge < -0.3 is 14.5 Å². The van der Waals surface area contributed by atoms with Gasteiger partial charge in [0, 0.05) is 16.3 Å². The highest BCUT2D eigenvalue weighted by Crippen LogP contribution is 2.32. The molecule has 0 atom stereocenters. The van der Waals surface area contributed by atoms with Gasteiger partial charge in [-0.25, -0.2) is 4.98 Å². The van der Waals surface area contributed by atoms with Crippen LogP contribution in [0.5, 0.6) is 5.75 Å². The zero-order valence-electron chi connectivity index (χ0n) is 15.6. The highest BCUT2D eigenvalue weighted by Gasteiger charge is 2.16. The van der Waals surface area contributed by atoms with Gasteiger partial charge in [-0.15, -0.1) is 0 Å². The fraction of sp³-hybridized carbons (Fsp3) is 0.0909. The molecule has 4 aromatic rings. The van der Waals surface area contributed by atoms with E-state index in [1.54, 1.807) is 37.4 Å². The van der Waals surface area contributed by atoms with E-state index < -0.39 is 0 Å². The second kappa shape index (κ2) is 7.78. The topological polar surface area (TPSA) is 64.4 Å². The van der Waals surface area contributed by atoms with Crippen molar-refractivity contribution < 1.29 is 13.9 Å². The number of carbonyl (C=O) groups is 1. The standard InChI is InChI=1S/C22H16Cl2N2O3/c1-12-5-3-8-16(19(12)28-2)21(27)25-15-7-4-6-13(9-15)22-26-18-11-14(23)10-17(24)20(18)29-22/h3-11H,1-2H3,(H,25,27). The molecule has 0 aliphatic heterocycles. The number of hydrogen-bond acceptors (Lipinski definition) is 4. The molecule has 0 saturated carbocycles. The third-order valence-corrected chi connectivity index (χ3v) is 4.94. The number of halogens is 2. The molecule has 1 amide bonds. The Morgan fingerprint density at radius 1 is 1.10 bits per heavy atom. The summed E-state index contributed by atoms with van der Waals surface area (Å²) in [4.78, 5) is 17.2. The number of methoxy groups -OCH3 is 1. The third-order valence-electron chi connectivity index (χ3n) is 4.44. The minimum absolute atomic E-state index is 0.268. The number of oxazole rings is 1. The van der Waals surface area contributed by atoms with Crippen LogP contribution in [-0.4, -0.2) is 18.0 Å². The van der Waals surface area contributed by atoms with E-state index in [2.05, 4.69) is 10.3 Å². The van der Waals surface area contributed by atoms with Crippen molar-refractivity contribution in [3.05, 3.63) is 75.8 Å². The van der Waals surface area contributed by atoms with Crippen LogP contribution in [-0.2, 0) is 0 Å². The number of ether oxygens (including phenoxy) is 1. The van der Waals surface area contributed by atoms with Gasteiger partial charge >= 0.3 is 0 Å². The number of nitrogens with zero attached hydrogens (tertiary/aromatic N) is 1. The molecule has 0 spiro atoms. The molecule has 3 aromatic carbocycles. The van der Waals surface area contributed by atoms with E-state index in [4.69, 9.17) is 32.4 Å². The molecule has 0 aliphatic carbocycles. The van der Waals surface area contributed by atoms with Crippen molar-refractivity contribution in [2.24, 2.45) is 0 Å². The number of hydrogen-bond donors (Lipinski definition) is 1. The molecule has 0 aliphatic rings. The molecule has 0 unspecified atom stereocenters. The molecule has 5 nitrogen and oxygen atoms in total. The van der Waals surface area contributed by atoms with Gasteiger partial charge in [0.2, 0.25) is 5.89 Å². The second-order valence-electron chi connectivity index (χ2n) is 6.45. The Morgan fingerprint density at radius 2 is 1.90 bits per heavy atom. The van der Waals surface area contributed by atoms with Crippen LogP contribution >= 0.6 is 23.2 Å². The average molecular weight is 427 g/mol. The van der Waals surface area contributed by atoms with Gasteiger partial charge in [-0.3, -0.25) is 4.79 Å². The number of aryl methyl sites for hydroxylation is 1. The molecule has 29 heavy (non-hydrogen) atoms. The lowest BCUT2D eigenvalue weighted by atomic mass is 10.1. The SMILES string of the molecule is COc1c(C)cccc1C(=O)Nc1cccc(-c2nc3cc(Cl)cc(Cl)c3o2)c1. The number of anilines is 1. The molecule has 146 valence electrons. The number of nitrogens with one attached hydrogen (secondary N) is 1. The van der Waals surface area contributed by atoms with Crippen molar-refractivity contribution in [1.29, 1.82) is 0 Å². The fourth-order valence-electron chi connectivity index (χ4n) is 3.11. The fourth-order valence-corrected chi connectivity index (χ4v) is 3.64. The predicted octanol–water partition coefficient (Wildman–Crippen LogP) is 6.37. The van der Waals surface area contributed by atoms with Crippen LogP contribution in [0.15, 0.2) is 59.0 Å². The van der Waals surface area contributed by atoms with E-state index in [9.17, 15) is 4.79 Å². The maximum Gasteiger partial charge on any atom is 0.259 e. The zero-order valence-corrected chi connectivity index (χ0v) is 17.1. The van der Waals surface area contributed by atoms with Crippen molar-refractivity contribution >= 4 is 45.9 Å². The van der Waals surface area contributed by atoms with E-state index in [0.29, 0.717) is 49.6 Å². The van der Waals surface area contributed by atoms with E-state index in [1.165, 1.54) is 0 Å². The van der Waals surface area contributed by atoms with Crippen LogP contribution in [0.4, 0.5) is 5.69 Å². The van der Waals surface area contributed by atoms with Gasteiger partial charge in [0.15, 0.2) is 5.58 Å². The minimum Gasteiger partial charge on any atom is -0.496 e. The van der Waals surface area contributed by atoms with Crippen molar-refractivity contribution in [2.45, 2.75) is 6.92 Å². The first kappa shape index (κ1) is 19.3. The summed E-state index contributed by atoms with van der Waals surface area (Å²) >= 11 is 12.2. The van der Waals surface area contributed by atoms with Crippen LogP contribution in [0.2, 0.25) is 10.0 Å². The predicted molar refractivity (Wildman–Crippen MR) is 115 cm³/mol. The zero-order chi connectivity index (χ0) is 20.5. The van der Waals surface area contributed by atoms with Crippen molar-refractivity contribution in [3.8, 4) is 17.2 Å². The molecular formula is C22H16Cl2N2O3. The first-order valence-corrected chi connectivity index (χ1v) is 9.53. The van der Waals surface area contributed by atoms with Crippen LogP contribution in [0.25, 0.3) is 22.6 Å². The Morgan fingerprint density at radius 3 is 2.69 bits per heavy atom. The Kier molecular flexibility index (Phi) is 5.18. The lowest BCUT2D eigenvalue weighted by molar-refractivity contribution is 0.102. The van der Waals surface area contributed by atoms with E-state index in [0.717, 1.165) is 5.56 Å². The summed E-state index contributed by atoms with van der Waals surface area (Å²) < 4.78 is 11.2. The number of rotatable bonds is 4. The van der Waals surface area contributed by atoms with Crippen molar-refractivity contribution in [2.75, 3.05) is 12.4 Å². The molecule has 1 heterocycles. The highest BCUT2D eigenvalue weighted by molar-refractivity contribution is 6.38. The lowest BCUT2D eigenvalue weighted by Gasteiger charge is -2.11. The van der Waals surface area contributed by atoms with Crippen molar-refractivity contribution in [3.63, 3.8) is 0 Å². The molecule has 0 fully saturated rings. The first-order valence-electron chi connectivity index (χ1n) is 8.77. The van der Waals surface area contributed by atoms with Crippen LogP contribution in [0, 0.1) is 6.92 Å². The summed E-state index contributed by atoms with van der Waals surface area (Å²) in [6.07, 6.45) is 0. The smallest absolute Gasteiger partial charge is 0.259 e. The number of carbonyl (C=O) groups excluding carboxylic acids is 1. The monoisotopic (exact) mass is 426 g/mol. The van der Waals surface area contributed by atoms with E-state index >= 15 is 0 Å². The van der Waals surface area contributed by atoms with Gasteiger partial charge in [0.25, 0.3) is 5.91 Å². The van der Waals surface area contributed by atoms with Crippen LogP contribution in [0.1, 0.15) is 15.9 Å². The lowest BCUT2D eigenvalue weighted by Crippen LogP contribution is -2.13. The largest absolute Gasteiger partial charge is 0.496 e. The summed E-state index contributed by atoms with van der Waals surface area (Å²) in [7, 11) is 1.55. The Hall–Kier alpha value is -3.02. The third kappa shape index (κ3) is 3.79. The highest BCUT2D eigenvalue weighted by atomic mass is 35.5. The van der Waals surface area contributed by atoms with Gasteiger partial charge in [-0.05, 0) is 48.9 Å². The molecule has 0 saturated heterocycles. The average Bonchev–Trinajstić information content (AvgIpc) is 3.12. The number of para-hydroxylation sites is 1. The van der Waals surface area contributed by atoms with E-state index in [-0.39, 0.29) is 5.91 Å². The molecule has 7 heteroatoms. The summed E-state index contributed by atoms with van der Waals surface area (Å²) in [5, 5.41) is 3.76. The summed E-state index contributed by atoms with van der Waals surface area (Å²) in [6.45, 7) is 1.89. The van der Waals surface area contributed by atoms with Crippen molar-refractivity contribution in [1.82, 2.24) is 4.98 Å². The Bertz CT molecular complexity index is 1230. The summed E-state index contributed by atoms with van der Waals surface area (Å²) in [6, 6.07) is 15.9. The number of benzene rings is 3. The van der Waals surface area contributed by atoms with Gasteiger partial charge in [-0.2, -0.15) is 0 Å². The van der Waals surface area contributed by atoms with Gasteiger partial charge in [0.1, 0.15) is 11.3 Å². The summed E-state index contributed by atoms with van der Waals surface area (Å²) in [5.41, 5.74) is 3.67. The second-order valence-corrected chi connectivity index (χ2v) is 7.29. The Balaban J connectivity index is 1.65. The maximum atomic E-state index is 12.8. The summed E-state index contributed by atoms with van der Waals surface area (Å²) in [5.74, 6) is 0.662. The minimum atomic E-state index is -0.268. The number of amides is 1. The molecule has 4 rings (SSSR count). The van der Waals surface area contributed by atoms with Crippen LogP contribution in [0.3, 0.4) is 0 Å². The first-order chi connectivity index (χ1) is 14.0. The normalized spacial score (nSPS) is 10.9. The molecule has 1 aromatic heterocycles. The molecular weight excluding hydrogens is 411 g/mol. The number of aromatic nitrogens is 1. The molecule has 0 radical (unpaired) electrons. The van der Waals surface area contributed by atoms with E-state index in [1.807, 2.05) is 31.2 Å². The molecule has 1 N–H and O–H groups in total. The van der Waals surface area contributed by atoms with Gasteiger partial charge in [0.05, 0.1) is 17.7 Å². The quantitative estimate of drug-likeness (QED) is 0.411. The number of fused-ring (bicyclic) bond motifs is 1.